The first-order chi connectivity index (χ1) is 9.66. The summed E-state index contributed by atoms with van der Waals surface area (Å²) < 4.78 is 1.15. The molecule has 1 unspecified atom stereocenters. The van der Waals surface area contributed by atoms with Crippen molar-refractivity contribution in [2.24, 2.45) is 0 Å². The second kappa shape index (κ2) is 5.61. The maximum atomic E-state index is 3.52. The fourth-order valence-corrected chi connectivity index (χ4v) is 3.59. The van der Waals surface area contributed by atoms with Gasteiger partial charge in [0.2, 0.25) is 0 Å². The van der Waals surface area contributed by atoms with Crippen molar-refractivity contribution < 1.29 is 0 Å². The lowest BCUT2D eigenvalue weighted by atomic mass is 10.0. The molecule has 2 aromatic rings. The van der Waals surface area contributed by atoms with Crippen molar-refractivity contribution in [1.82, 2.24) is 0 Å². The summed E-state index contributed by atoms with van der Waals surface area (Å²) in [6.45, 7) is 5.60. The Morgan fingerprint density at radius 1 is 1.00 bits per heavy atom. The fraction of sp³-hybridized carbons (Fsp3) is 0.333. The van der Waals surface area contributed by atoms with Gasteiger partial charge in [-0.1, -0.05) is 46.3 Å². The summed E-state index contributed by atoms with van der Waals surface area (Å²) in [7, 11) is 0. The number of halogens is 1. The van der Waals surface area contributed by atoms with Crippen LogP contribution < -0.4 is 4.90 Å². The van der Waals surface area contributed by atoms with Crippen molar-refractivity contribution in [3.63, 3.8) is 0 Å². The second-order valence-corrected chi connectivity index (χ2v) is 6.56. The van der Waals surface area contributed by atoms with Gasteiger partial charge in [0.25, 0.3) is 0 Å². The summed E-state index contributed by atoms with van der Waals surface area (Å²) >= 11 is 3.52. The van der Waals surface area contributed by atoms with E-state index in [1.54, 1.807) is 0 Å². The number of hydrogen-bond acceptors (Lipinski definition) is 1. The molecule has 1 heterocycles. The molecule has 1 fully saturated rings. The quantitative estimate of drug-likeness (QED) is 0.712. The van der Waals surface area contributed by atoms with E-state index in [1.807, 2.05) is 0 Å². The first-order valence-electron chi connectivity index (χ1n) is 7.25. The van der Waals surface area contributed by atoms with Crippen molar-refractivity contribution in [3.8, 4) is 0 Å². The number of anilines is 1. The highest BCUT2D eigenvalue weighted by Gasteiger charge is 2.27. The molecule has 1 aliphatic rings. The van der Waals surface area contributed by atoms with Crippen molar-refractivity contribution >= 4 is 21.6 Å². The molecule has 1 saturated heterocycles. The largest absolute Gasteiger partial charge is 0.364 e. The molecular formula is C18H20BrN. The van der Waals surface area contributed by atoms with Crippen molar-refractivity contribution in [1.29, 1.82) is 0 Å². The zero-order valence-electron chi connectivity index (χ0n) is 12.1. The minimum Gasteiger partial charge on any atom is -0.364 e. The molecule has 104 valence electrons. The molecule has 0 radical (unpaired) electrons. The van der Waals surface area contributed by atoms with Gasteiger partial charge in [0, 0.05) is 16.7 Å². The van der Waals surface area contributed by atoms with Gasteiger partial charge in [-0.05, 0) is 55.5 Å². The minimum absolute atomic E-state index is 0.517. The molecule has 1 atom stereocenters. The molecule has 0 saturated carbocycles. The molecule has 1 aliphatic heterocycles. The molecule has 0 N–H and O–H groups in total. The lowest BCUT2D eigenvalue weighted by Gasteiger charge is -2.30. The SMILES string of the molecule is Cc1cccc(C)c1N1CCCC1c1ccc(Br)cc1. The molecule has 0 spiro atoms. The Morgan fingerprint density at radius 2 is 1.65 bits per heavy atom. The van der Waals surface area contributed by atoms with Gasteiger partial charge in [-0.3, -0.25) is 0 Å². The van der Waals surface area contributed by atoms with E-state index < -0.39 is 0 Å². The Morgan fingerprint density at radius 3 is 2.30 bits per heavy atom. The Hall–Kier alpha value is -1.28. The van der Waals surface area contributed by atoms with E-state index in [2.05, 4.69) is 77.1 Å². The Balaban J connectivity index is 1.99. The molecule has 3 rings (SSSR count). The summed E-state index contributed by atoms with van der Waals surface area (Å²) in [5.41, 5.74) is 5.62. The van der Waals surface area contributed by atoms with Crippen LogP contribution in [0.1, 0.15) is 35.6 Å². The number of rotatable bonds is 2. The van der Waals surface area contributed by atoms with E-state index in [9.17, 15) is 0 Å². The van der Waals surface area contributed by atoms with Crippen LogP contribution in [-0.2, 0) is 0 Å². The van der Waals surface area contributed by atoms with E-state index in [0.717, 1.165) is 11.0 Å². The first-order valence-corrected chi connectivity index (χ1v) is 8.04. The smallest absolute Gasteiger partial charge is 0.0543 e. The van der Waals surface area contributed by atoms with Crippen LogP contribution in [-0.4, -0.2) is 6.54 Å². The topological polar surface area (TPSA) is 3.24 Å². The van der Waals surface area contributed by atoms with Crippen LogP contribution in [0.4, 0.5) is 5.69 Å². The summed E-state index contributed by atoms with van der Waals surface area (Å²) in [4.78, 5) is 2.59. The van der Waals surface area contributed by atoms with Crippen LogP contribution in [0.15, 0.2) is 46.9 Å². The zero-order chi connectivity index (χ0) is 14.1. The van der Waals surface area contributed by atoms with Crippen LogP contribution in [0.2, 0.25) is 0 Å². The highest BCUT2D eigenvalue weighted by molar-refractivity contribution is 9.10. The molecular weight excluding hydrogens is 310 g/mol. The van der Waals surface area contributed by atoms with Crippen LogP contribution in [0, 0.1) is 13.8 Å². The zero-order valence-corrected chi connectivity index (χ0v) is 13.7. The average Bonchev–Trinajstić information content (AvgIpc) is 2.88. The van der Waals surface area contributed by atoms with E-state index in [-0.39, 0.29) is 0 Å². The predicted octanol–water partition coefficient (Wildman–Crippen LogP) is 5.41. The maximum Gasteiger partial charge on any atom is 0.0543 e. The van der Waals surface area contributed by atoms with Crippen molar-refractivity contribution in [2.45, 2.75) is 32.7 Å². The average molecular weight is 330 g/mol. The Bertz CT molecular complexity index is 583. The molecule has 0 amide bonds. The molecule has 2 heteroatoms. The third kappa shape index (κ3) is 2.49. The summed E-state index contributed by atoms with van der Waals surface area (Å²) in [6, 6.07) is 15.9. The number of hydrogen-bond donors (Lipinski definition) is 0. The third-order valence-corrected chi connectivity index (χ3v) is 4.76. The van der Waals surface area contributed by atoms with Crippen molar-refractivity contribution in [2.75, 3.05) is 11.4 Å². The number of aryl methyl sites for hydroxylation is 2. The monoisotopic (exact) mass is 329 g/mol. The number of benzene rings is 2. The second-order valence-electron chi connectivity index (χ2n) is 5.64. The van der Waals surface area contributed by atoms with Gasteiger partial charge in [-0.15, -0.1) is 0 Å². The molecule has 20 heavy (non-hydrogen) atoms. The highest BCUT2D eigenvalue weighted by atomic mass is 79.9. The summed E-state index contributed by atoms with van der Waals surface area (Å²) in [5.74, 6) is 0. The van der Waals surface area contributed by atoms with Gasteiger partial charge < -0.3 is 4.90 Å². The van der Waals surface area contributed by atoms with E-state index in [0.29, 0.717) is 6.04 Å². The van der Waals surface area contributed by atoms with Gasteiger partial charge in [0.05, 0.1) is 6.04 Å². The van der Waals surface area contributed by atoms with Gasteiger partial charge in [0.15, 0.2) is 0 Å². The maximum absolute atomic E-state index is 3.52. The molecule has 0 aromatic heterocycles. The minimum atomic E-state index is 0.517. The normalized spacial score (nSPS) is 18.6. The lowest BCUT2D eigenvalue weighted by Crippen LogP contribution is -2.24. The predicted molar refractivity (Wildman–Crippen MR) is 89.4 cm³/mol. The molecule has 0 bridgehead atoms. The number of nitrogens with zero attached hydrogens (tertiary/aromatic N) is 1. The lowest BCUT2D eigenvalue weighted by molar-refractivity contribution is 0.716. The Labute approximate surface area is 129 Å². The molecule has 0 aliphatic carbocycles. The highest BCUT2D eigenvalue weighted by Crippen LogP contribution is 2.39. The van der Waals surface area contributed by atoms with Gasteiger partial charge in [-0.2, -0.15) is 0 Å². The van der Waals surface area contributed by atoms with Crippen LogP contribution >= 0.6 is 15.9 Å². The standard InChI is InChI=1S/C18H20BrN/c1-13-5-3-6-14(2)18(13)20-12-4-7-17(20)15-8-10-16(19)11-9-15/h3,5-6,8-11,17H,4,7,12H2,1-2H3. The van der Waals surface area contributed by atoms with Gasteiger partial charge in [0.1, 0.15) is 0 Å². The first kappa shape index (κ1) is 13.7. The molecule has 2 aromatic carbocycles. The Kier molecular flexibility index (Phi) is 3.84. The third-order valence-electron chi connectivity index (χ3n) is 4.23. The van der Waals surface area contributed by atoms with E-state index in [4.69, 9.17) is 0 Å². The van der Waals surface area contributed by atoms with Crippen LogP contribution in [0.25, 0.3) is 0 Å². The molecule has 1 nitrogen and oxygen atoms in total. The van der Waals surface area contributed by atoms with Gasteiger partial charge in [-0.25, -0.2) is 0 Å². The number of para-hydroxylation sites is 1. The fourth-order valence-electron chi connectivity index (χ4n) is 3.32. The van der Waals surface area contributed by atoms with Crippen molar-refractivity contribution in [3.05, 3.63) is 63.6 Å². The summed E-state index contributed by atoms with van der Waals surface area (Å²) in [5, 5.41) is 0. The van der Waals surface area contributed by atoms with Crippen LogP contribution in [0.3, 0.4) is 0 Å². The summed E-state index contributed by atoms with van der Waals surface area (Å²) in [6.07, 6.45) is 2.52. The van der Waals surface area contributed by atoms with Gasteiger partial charge >= 0.3 is 0 Å². The van der Waals surface area contributed by atoms with E-state index >= 15 is 0 Å². The van der Waals surface area contributed by atoms with Crippen LogP contribution in [0.5, 0.6) is 0 Å². The van der Waals surface area contributed by atoms with E-state index in [1.165, 1.54) is 35.2 Å².